The molecule has 4 aromatic rings. The SMILES string of the molecule is Cc1cc(-c2cnc(N)c(-c3ccc4c(=O)[nH]ccc4c3)c2)ncc1N1CCN(C)CC1. The van der Waals surface area contributed by atoms with Gasteiger partial charge in [0.2, 0.25) is 0 Å². The van der Waals surface area contributed by atoms with Crippen LogP contribution in [0.25, 0.3) is 33.2 Å². The number of fused-ring (bicyclic) bond motifs is 1. The molecule has 0 aliphatic carbocycles. The molecule has 4 heterocycles. The Morgan fingerprint density at radius 3 is 2.56 bits per heavy atom. The number of aromatic amines is 1. The first-order valence-corrected chi connectivity index (χ1v) is 10.8. The van der Waals surface area contributed by atoms with Crippen molar-refractivity contribution in [3.8, 4) is 22.4 Å². The molecule has 1 aliphatic rings. The summed E-state index contributed by atoms with van der Waals surface area (Å²) in [5, 5.41) is 1.51. The van der Waals surface area contributed by atoms with Crippen molar-refractivity contribution < 1.29 is 0 Å². The molecule has 1 fully saturated rings. The number of H-pyrrole nitrogens is 1. The fraction of sp³-hybridized carbons (Fsp3) is 0.240. The third-order valence-corrected chi connectivity index (χ3v) is 6.23. The second kappa shape index (κ2) is 8.09. The minimum atomic E-state index is -0.103. The van der Waals surface area contributed by atoms with Crippen LogP contribution in [-0.2, 0) is 0 Å². The Bertz CT molecular complexity index is 1350. The first kappa shape index (κ1) is 20.2. The Morgan fingerprint density at radius 1 is 0.969 bits per heavy atom. The number of piperazine rings is 1. The van der Waals surface area contributed by atoms with Crippen LogP contribution < -0.4 is 16.2 Å². The largest absolute Gasteiger partial charge is 0.383 e. The molecule has 0 radical (unpaired) electrons. The van der Waals surface area contributed by atoms with E-state index in [1.807, 2.05) is 36.5 Å². The van der Waals surface area contributed by atoms with E-state index in [-0.39, 0.29) is 5.56 Å². The number of aromatic nitrogens is 3. The Hall–Kier alpha value is -3.71. The predicted octanol–water partition coefficient (Wildman–Crippen LogP) is 3.29. The summed E-state index contributed by atoms with van der Waals surface area (Å²) in [4.78, 5) is 28.6. The zero-order chi connectivity index (χ0) is 22.2. The van der Waals surface area contributed by atoms with Crippen molar-refractivity contribution >= 4 is 22.3 Å². The van der Waals surface area contributed by atoms with Crippen LogP contribution in [0.15, 0.2) is 59.8 Å². The number of likely N-dealkylation sites (N-methyl/N-ethyl adjacent to an activating group) is 1. The van der Waals surface area contributed by atoms with Crippen LogP contribution in [0.3, 0.4) is 0 Å². The lowest BCUT2D eigenvalue weighted by molar-refractivity contribution is 0.312. The number of rotatable bonds is 3. The van der Waals surface area contributed by atoms with E-state index in [1.54, 1.807) is 12.4 Å². The van der Waals surface area contributed by atoms with Crippen LogP contribution in [0.1, 0.15) is 5.56 Å². The van der Waals surface area contributed by atoms with Gasteiger partial charge in [0.1, 0.15) is 5.82 Å². The zero-order valence-electron chi connectivity index (χ0n) is 18.3. The average Bonchev–Trinajstić information content (AvgIpc) is 2.80. The van der Waals surface area contributed by atoms with Crippen LogP contribution >= 0.6 is 0 Å². The molecule has 0 spiro atoms. The Morgan fingerprint density at radius 2 is 1.78 bits per heavy atom. The molecule has 7 nitrogen and oxygen atoms in total. The molecule has 5 rings (SSSR count). The van der Waals surface area contributed by atoms with E-state index in [0.29, 0.717) is 11.2 Å². The Balaban J connectivity index is 1.50. The smallest absolute Gasteiger partial charge is 0.255 e. The molecule has 1 aliphatic heterocycles. The molecule has 1 aromatic carbocycles. The summed E-state index contributed by atoms with van der Waals surface area (Å²) in [6.45, 7) is 6.27. The van der Waals surface area contributed by atoms with E-state index in [2.05, 4.69) is 39.8 Å². The topological polar surface area (TPSA) is 91.1 Å². The first-order valence-electron chi connectivity index (χ1n) is 10.8. The second-order valence-corrected chi connectivity index (χ2v) is 8.41. The molecule has 0 amide bonds. The Kier molecular flexibility index (Phi) is 5.11. The van der Waals surface area contributed by atoms with Gasteiger partial charge in [-0.15, -0.1) is 0 Å². The maximum Gasteiger partial charge on any atom is 0.255 e. The van der Waals surface area contributed by atoms with Gasteiger partial charge in [-0.25, -0.2) is 4.98 Å². The molecule has 0 bridgehead atoms. The molecular formula is C25H26N6O. The number of nitrogens with two attached hydrogens (primary N) is 1. The summed E-state index contributed by atoms with van der Waals surface area (Å²) in [7, 11) is 2.16. The quantitative estimate of drug-likeness (QED) is 0.522. The Labute approximate surface area is 186 Å². The van der Waals surface area contributed by atoms with E-state index in [0.717, 1.165) is 53.9 Å². The highest BCUT2D eigenvalue weighted by molar-refractivity contribution is 5.89. The molecule has 162 valence electrons. The standard InChI is InChI=1S/C25H26N6O/c1-16-11-22(28-15-23(16)31-9-7-30(2)8-10-31)19-13-21(24(26)29-14-19)17-3-4-20-18(12-17)5-6-27-25(20)32/h3-6,11-15H,7-10H2,1-2H3,(H2,26,29)(H,27,32). The summed E-state index contributed by atoms with van der Waals surface area (Å²) in [5.74, 6) is 0.448. The summed E-state index contributed by atoms with van der Waals surface area (Å²) >= 11 is 0. The van der Waals surface area contributed by atoms with Crippen molar-refractivity contribution in [2.75, 3.05) is 43.9 Å². The minimum Gasteiger partial charge on any atom is -0.383 e. The normalized spacial score (nSPS) is 14.8. The number of nitrogens with zero attached hydrogens (tertiary/aromatic N) is 4. The van der Waals surface area contributed by atoms with E-state index >= 15 is 0 Å². The highest BCUT2D eigenvalue weighted by Gasteiger charge is 2.17. The summed E-state index contributed by atoms with van der Waals surface area (Å²) in [5.41, 5.74) is 12.0. The van der Waals surface area contributed by atoms with Gasteiger partial charge in [0.15, 0.2) is 0 Å². The zero-order valence-corrected chi connectivity index (χ0v) is 18.3. The van der Waals surface area contributed by atoms with Crippen molar-refractivity contribution in [1.29, 1.82) is 0 Å². The van der Waals surface area contributed by atoms with Gasteiger partial charge in [-0.2, -0.15) is 0 Å². The third-order valence-electron chi connectivity index (χ3n) is 6.23. The minimum absolute atomic E-state index is 0.103. The number of nitrogen functional groups attached to an aromatic ring is 1. The van der Waals surface area contributed by atoms with Crippen LogP contribution in [0.5, 0.6) is 0 Å². The number of benzene rings is 1. The summed E-state index contributed by atoms with van der Waals surface area (Å²) in [6, 6.07) is 11.7. The summed E-state index contributed by atoms with van der Waals surface area (Å²) < 4.78 is 0. The van der Waals surface area contributed by atoms with Crippen molar-refractivity contribution in [3.63, 3.8) is 0 Å². The van der Waals surface area contributed by atoms with Crippen LogP contribution in [0.4, 0.5) is 11.5 Å². The molecule has 0 atom stereocenters. The first-order chi connectivity index (χ1) is 15.5. The maximum absolute atomic E-state index is 12.0. The van der Waals surface area contributed by atoms with Gasteiger partial charge in [-0.05, 0) is 60.8 Å². The van der Waals surface area contributed by atoms with Crippen molar-refractivity contribution in [2.45, 2.75) is 6.92 Å². The van der Waals surface area contributed by atoms with E-state index in [9.17, 15) is 4.79 Å². The number of nitrogens with one attached hydrogen (secondary N) is 1. The van der Waals surface area contributed by atoms with Crippen molar-refractivity contribution in [3.05, 3.63) is 70.9 Å². The lowest BCUT2D eigenvalue weighted by atomic mass is 10.00. The lowest BCUT2D eigenvalue weighted by Gasteiger charge is -2.34. The van der Waals surface area contributed by atoms with E-state index in [1.165, 1.54) is 11.3 Å². The monoisotopic (exact) mass is 426 g/mol. The number of hydrogen-bond acceptors (Lipinski definition) is 6. The van der Waals surface area contributed by atoms with Gasteiger partial charge >= 0.3 is 0 Å². The molecular weight excluding hydrogens is 400 g/mol. The van der Waals surface area contributed by atoms with Crippen LogP contribution in [0, 0.1) is 6.92 Å². The number of aryl methyl sites for hydroxylation is 1. The van der Waals surface area contributed by atoms with Gasteiger partial charge < -0.3 is 20.5 Å². The van der Waals surface area contributed by atoms with Gasteiger partial charge in [-0.1, -0.05) is 6.07 Å². The maximum atomic E-state index is 12.0. The average molecular weight is 427 g/mol. The summed E-state index contributed by atoms with van der Waals surface area (Å²) in [6.07, 6.45) is 5.39. The third kappa shape index (κ3) is 3.71. The van der Waals surface area contributed by atoms with E-state index in [4.69, 9.17) is 10.7 Å². The fourth-order valence-electron chi connectivity index (χ4n) is 4.29. The van der Waals surface area contributed by atoms with Crippen LogP contribution in [-0.4, -0.2) is 53.1 Å². The van der Waals surface area contributed by atoms with Gasteiger partial charge in [0.25, 0.3) is 5.56 Å². The molecule has 3 N–H and O–H groups in total. The van der Waals surface area contributed by atoms with E-state index < -0.39 is 0 Å². The van der Waals surface area contributed by atoms with Crippen LogP contribution in [0.2, 0.25) is 0 Å². The van der Waals surface area contributed by atoms with Gasteiger partial charge in [0, 0.05) is 55.1 Å². The lowest BCUT2D eigenvalue weighted by Crippen LogP contribution is -2.44. The number of anilines is 2. The molecule has 0 saturated carbocycles. The molecule has 1 saturated heterocycles. The molecule has 0 unspecified atom stereocenters. The predicted molar refractivity (Wildman–Crippen MR) is 130 cm³/mol. The van der Waals surface area contributed by atoms with Crippen molar-refractivity contribution in [1.82, 2.24) is 19.9 Å². The molecule has 32 heavy (non-hydrogen) atoms. The van der Waals surface area contributed by atoms with Crippen molar-refractivity contribution in [2.24, 2.45) is 0 Å². The highest BCUT2D eigenvalue weighted by Crippen LogP contribution is 2.32. The second-order valence-electron chi connectivity index (χ2n) is 8.41. The van der Waals surface area contributed by atoms with Gasteiger partial charge in [0.05, 0.1) is 17.6 Å². The fourth-order valence-corrected chi connectivity index (χ4v) is 4.29. The number of pyridine rings is 3. The van der Waals surface area contributed by atoms with Gasteiger partial charge in [-0.3, -0.25) is 9.78 Å². The number of hydrogen-bond donors (Lipinski definition) is 2. The highest BCUT2D eigenvalue weighted by atomic mass is 16.1. The molecule has 3 aromatic heterocycles. The molecule has 7 heteroatoms.